The van der Waals surface area contributed by atoms with Crippen LogP contribution in [0.1, 0.15) is 37.9 Å². The summed E-state index contributed by atoms with van der Waals surface area (Å²) in [6.45, 7) is 6.51. The van der Waals surface area contributed by atoms with Gasteiger partial charge < -0.3 is 23.5 Å². The van der Waals surface area contributed by atoms with Crippen molar-refractivity contribution < 1.29 is 36.6 Å². The second-order valence-corrected chi connectivity index (χ2v) is 8.85. The molecule has 0 aliphatic carbocycles. The van der Waals surface area contributed by atoms with Crippen LogP contribution in [0.3, 0.4) is 0 Å². The number of alkyl halides is 3. The zero-order valence-electron chi connectivity index (χ0n) is 18.0. The smallest absolute Gasteiger partial charge is 0.449 e. The molecule has 2 heterocycles. The van der Waals surface area contributed by atoms with Crippen molar-refractivity contribution in [3.63, 3.8) is 0 Å². The van der Waals surface area contributed by atoms with Crippen LogP contribution < -0.4 is 4.74 Å². The first-order valence-corrected chi connectivity index (χ1v) is 10.5. The molecule has 0 spiro atoms. The minimum absolute atomic E-state index is 0.0373. The van der Waals surface area contributed by atoms with Crippen molar-refractivity contribution in [3.05, 3.63) is 52.4 Å². The van der Waals surface area contributed by atoms with Crippen molar-refractivity contribution in [2.24, 2.45) is 0 Å². The van der Waals surface area contributed by atoms with Crippen molar-refractivity contribution in [1.82, 2.24) is 4.90 Å². The lowest BCUT2D eigenvalue weighted by Gasteiger charge is -2.34. The van der Waals surface area contributed by atoms with Crippen molar-refractivity contribution in [2.45, 2.75) is 51.7 Å². The molecule has 0 radical (unpaired) electrons. The number of furan rings is 1. The van der Waals surface area contributed by atoms with Gasteiger partial charge in [-0.05, 0) is 50.6 Å². The van der Waals surface area contributed by atoms with Crippen LogP contribution in [0.15, 0.2) is 34.7 Å². The van der Waals surface area contributed by atoms with E-state index in [2.05, 4.69) is 0 Å². The molecule has 1 aliphatic heterocycles. The third-order valence-electron chi connectivity index (χ3n) is 4.56. The monoisotopic (exact) mass is 475 g/mol. The summed E-state index contributed by atoms with van der Waals surface area (Å²) in [7, 11) is 0. The normalized spacial score (nSPS) is 17.3. The summed E-state index contributed by atoms with van der Waals surface area (Å²) in [5, 5.41) is 0.310. The number of ether oxygens (including phenoxy) is 3. The Morgan fingerprint density at radius 3 is 2.59 bits per heavy atom. The number of benzene rings is 1. The van der Waals surface area contributed by atoms with Gasteiger partial charge in [0, 0.05) is 13.0 Å². The molecule has 1 fully saturated rings. The molecule has 1 amide bonds. The lowest BCUT2D eigenvalue weighted by Crippen LogP contribution is -2.48. The second kappa shape index (κ2) is 9.62. The summed E-state index contributed by atoms with van der Waals surface area (Å²) in [5.41, 5.74) is 0.300. The fourth-order valence-electron chi connectivity index (χ4n) is 3.14. The molecule has 32 heavy (non-hydrogen) atoms. The molecule has 6 nitrogen and oxygen atoms in total. The van der Waals surface area contributed by atoms with Gasteiger partial charge in [-0.25, -0.2) is 4.79 Å². The predicted molar refractivity (Wildman–Crippen MR) is 111 cm³/mol. The molecule has 1 atom stereocenters. The van der Waals surface area contributed by atoms with E-state index in [0.29, 0.717) is 36.9 Å². The number of hydrogen-bond donors (Lipinski definition) is 0. The number of nitrogens with zero attached hydrogens (tertiary/aromatic N) is 1. The molecule has 1 aromatic carbocycles. The number of amides is 1. The van der Waals surface area contributed by atoms with Crippen molar-refractivity contribution in [3.8, 4) is 5.75 Å². The maximum absolute atomic E-state index is 12.6. The van der Waals surface area contributed by atoms with Crippen LogP contribution in [-0.2, 0) is 28.7 Å². The fourth-order valence-corrected chi connectivity index (χ4v) is 3.40. The lowest BCUT2D eigenvalue weighted by atomic mass is 10.1. The number of carbonyl (C=O) groups is 1. The standard InChI is InChI=1S/C22H25ClF3NO5/c1-21(2,3)32-20(28)27-8-9-29-16(12-27)10-14-4-6-18(17(23)11-14)30-13-15-5-7-19(31-15)22(24,25)26/h4-7,11,16H,8-10,12-13H2,1-3H3/t16-/m1/s1. The summed E-state index contributed by atoms with van der Waals surface area (Å²) in [6.07, 6.45) is -4.62. The van der Waals surface area contributed by atoms with Gasteiger partial charge in [0.25, 0.3) is 0 Å². The van der Waals surface area contributed by atoms with Gasteiger partial charge in [0.1, 0.15) is 23.7 Å². The summed E-state index contributed by atoms with van der Waals surface area (Å²) < 4.78 is 59.3. The average molecular weight is 476 g/mol. The minimum Gasteiger partial charge on any atom is -0.484 e. The van der Waals surface area contributed by atoms with Crippen LogP contribution in [0.5, 0.6) is 5.75 Å². The van der Waals surface area contributed by atoms with Crippen molar-refractivity contribution in [1.29, 1.82) is 0 Å². The summed E-state index contributed by atoms with van der Waals surface area (Å²) in [5.74, 6) is -0.721. The predicted octanol–water partition coefficient (Wildman–Crippen LogP) is 5.71. The molecule has 1 aromatic heterocycles. The molecule has 2 aromatic rings. The number of hydrogen-bond acceptors (Lipinski definition) is 5. The zero-order chi connectivity index (χ0) is 23.5. The second-order valence-electron chi connectivity index (χ2n) is 8.44. The van der Waals surface area contributed by atoms with Gasteiger partial charge >= 0.3 is 12.3 Å². The van der Waals surface area contributed by atoms with Crippen LogP contribution in [0.2, 0.25) is 5.02 Å². The summed E-state index contributed by atoms with van der Waals surface area (Å²) in [4.78, 5) is 13.9. The van der Waals surface area contributed by atoms with Crippen molar-refractivity contribution in [2.75, 3.05) is 19.7 Å². The van der Waals surface area contributed by atoms with E-state index in [1.165, 1.54) is 6.07 Å². The number of carbonyl (C=O) groups excluding carboxylic acids is 1. The van der Waals surface area contributed by atoms with E-state index in [4.69, 9.17) is 30.2 Å². The van der Waals surface area contributed by atoms with Gasteiger partial charge in [0.2, 0.25) is 5.76 Å². The Bertz CT molecular complexity index is 938. The highest BCUT2D eigenvalue weighted by Gasteiger charge is 2.34. The van der Waals surface area contributed by atoms with E-state index < -0.39 is 17.5 Å². The number of rotatable bonds is 5. The van der Waals surface area contributed by atoms with E-state index in [1.54, 1.807) is 23.1 Å². The number of halogens is 4. The highest BCUT2D eigenvalue weighted by Crippen LogP contribution is 2.32. The van der Waals surface area contributed by atoms with Crippen LogP contribution in [0, 0.1) is 0 Å². The van der Waals surface area contributed by atoms with E-state index in [1.807, 2.05) is 20.8 Å². The highest BCUT2D eigenvalue weighted by atomic mass is 35.5. The van der Waals surface area contributed by atoms with Gasteiger partial charge in [-0.15, -0.1) is 0 Å². The van der Waals surface area contributed by atoms with Crippen LogP contribution in [0.25, 0.3) is 0 Å². The zero-order valence-corrected chi connectivity index (χ0v) is 18.8. The quantitative estimate of drug-likeness (QED) is 0.554. The van der Waals surface area contributed by atoms with Crippen LogP contribution in [0.4, 0.5) is 18.0 Å². The first-order chi connectivity index (χ1) is 14.9. The Labute approximate surface area is 189 Å². The lowest BCUT2D eigenvalue weighted by molar-refractivity contribution is -0.153. The molecule has 0 saturated carbocycles. The largest absolute Gasteiger partial charge is 0.484 e. The van der Waals surface area contributed by atoms with Crippen molar-refractivity contribution >= 4 is 17.7 Å². The molecule has 1 aliphatic rings. The van der Waals surface area contributed by atoms with Gasteiger partial charge in [-0.2, -0.15) is 13.2 Å². The molecule has 1 saturated heterocycles. The Kier molecular flexibility index (Phi) is 7.29. The number of morpholine rings is 1. The van der Waals surface area contributed by atoms with Gasteiger partial charge in [0.15, 0.2) is 0 Å². The fraction of sp³-hybridized carbons (Fsp3) is 0.500. The SMILES string of the molecule is CC(C)(C)OC(=O)N1CCO[C@H](Cc2ccc(OCc3ccc(C(F)(F)F)o3)c(Cl)c2)C1. The Morgan fingerprint density at radius 2 is 1.97 bits per heavy atom. The Morgan fingerprint density at radius 1 is 1.22 bits per heavy atom. The molecule has 0 N–H and O–H groups in total. The topological polar surface area (TPSA) is 61.1 Å². The molecular formula is C22H25ClF3NO5. The van der Waals surface area contributed by atoms with E-state index >= 15 is 0 Å². The molecule has 176 valence electrons. The third-order valence-corrected chi connectivity index (χ3v) is 4.86. The first kappa shape index (κ1) is 24.3. The van der Waals surface area contributed by atoms with E-state index in [9.17, 15) is 18.0 Å². The van der Waals surface area contributed by atoms with Crippen LogP contribution >= 0.6 is 11.6 Å². The molecule has 10 heteroatoms. The molecular weight excluding hydrogens is 451 g/mol. The van der Waals surface area contributed by atoms with E-state index in [0.717, 1.165) is 11.6 Å². The summed E-state index contributed by atoms with van der Waals surface area (Å²) in [6, 6.07) is 7.20. The van der Waals surface area contributed by atoms with Gasteiger partial charge in [-0.1, -0.05) is 17.7 Å². The first-order valence-electron chi connectivity index (χ1n) is 10.1. The molecule has 0 bridgehead atoms. The van der Waals surface area contributed by atoms with Gasteiger partial charge in [0.05, 0.1) is 24.3 Å². The molecule has 3 rings (SSSR count). The Balaban J connectivity index is 1.55. The highest BCUT2D eigenvalue weighted by molar-refractivity contribution is 6.32. The van der Waals surface area contributed by atoms with Gasteiger partial charge in [-0.3, -0.25) is 0 Å². The maximum atomic E-state index is 12.6. The van der Waals surface area contributed by atoms with E-state index in [-0.39, 0.29) is 24.6 Å². The Hall–Kier alpha value is -2.39. The van der Waals surface area contributed by atoms with Crippen LogP contribution in [-0.4, -0.2) is 42.4 Å². The molecule has 0 unspecified atom stereocenters. The maximum Gasteiger partial charge on any atom is 0.449 e. The third kappa shape index (κ3) is 6.80. The summed E-state index contributed by atoms with van der Waals surface area (Å²) >= 11 is 6.28. The minimum atomic E-state index is -4.54. The average Bonchev–Trinajstić information content (AvgIpc) is 3.16.